The Morgan fingerprint density at radius 1 is 1.67 bits per heavy atom. The highest BCUT2D eigenvalue weighted by Crippen LogP contribution is 2.36. The lowest BCUT2D eigenvalue weighted by molar-refractivity contribution is -0.152. The number of nitrogens with two attached hydrogens (primary N) is 1. The summed E-state index contributed by atoms with van der Waals surface area (Å²) in [6, 6.07) is 1.58. The number of carbonyl (C=O) groups excluding carboxylic acids is 1. The molecule has 1 atom stereocenters. The summed E-state index contributed by atoms with van der Waals surface area (Å²) >= 11 is 4.89. The molecular weight excluding hydrogens is 278 g/mol. The van der Waals surface area contributed by atoms with Crippen LogP contribution < -0.4 is 5.73 Å². The summed E-state index contributed by atoms with van der Waals surface area (Å²) in [6.07, 6.45) is 0. The SMILES string of the molecule is COC(=O)C(C)(C)[C@H](N)c1cc(Br)cs1. The number of methoxy groups -OCH3 is 1. The number of halogens is 1. The first-order valence-electron chi connectivity index (χ1n) is 4.47. The summed E-state index contributed by atoms with van der Waals surface area (Å²) < 4.78 is 5.72. The van der Waals surface area contributed by atoms with Gasteiger partial charge in [0.15, 0.2) is 0 Å². The number of rotatable bonds is 3. The predicted octanol–water partition coefficient (Wildman–Crippen LogP) is 2.71. The number of hydrogen-bond donors (Lipinski definition) is 1. The van der Waals surface area contributed by atoms with E-state index in [-0.39, 0.29) is 12.0 Å². The lowest BCUT2D eigenvalue weighted by atomic mass is 9.84. The molecule has 0 aromatic carbocycles. The van der Waals surface area contributed by atoms with E-state index in [1.165, 1.54) is 18.4 Å². The molecule has 0 unspecified atom stereocenters. The van der Waals surface area contributed by atoms with Gasteiger partial charge in [-0.25, -0.2) is 0 Å². The third kappa shape index (κ3) is 2.59. The van der Waals surface area contributed by atoms with Crippen molar-refractivity contribution < 1.29 is 9.53 Å². The van der Waals surface area contributed by atoms with E-state index >= 15 is 0 Å². The maximum Gasteiger partial charge on any atom is 0.313 e. The second-order valence-corrected chi connectivity index (χ2v) is 5.72. The average Bonchev–Trinajstić information content (AvgIpc) is 2.62. The number of ether oxygens (including phenoxy) is 1. The van der Waals surface area contributed by atoms with Gasteiger partial charge in [0, 0.05) is 14.7 Å². The van der Waals surface area contributed by atoms with Gasteiger partial charge in [-0.2, -0.15) is 0 Å². The standard InChI is InChI=1S/C10H14BrNO2S/c1-10(2,9(13)14-3)8(12)7-4-6(11)5-15-7/h4-5,8H,12H2,1-3H3/t8-/m1/s1. The van der Waals surface area contributed by atoms with E-state index in [1.807, 2.05) is 11.4 Å². The molecule has 1 aromatic heterocycles. The summed E-state index contributed by atoms with van der Waals surface area (Å²) in [6.45, 7) is 3.58. The average molecular weight is 292 g/mol. The zero-order valence-electron chi connectivity index (χ0n) is 8.91. The summed E-state index contributed by atoms with van der Waals surface area (Å²) in [4.78, 5) is 12.5. The van der Waals surface area contributed by atoms with Crippen molar-refractivity contribution in [2.75, 3.05) is 7.11 Å². The summed E-state index contributed by atoms with van der Waals surface area (Å²) in [5, 5.41) is 1.95. The van der Waals surface area contributed by atoms with Gasteiger partial charge >= 0.3 is 5.97 Å². The van der Waals surface area contributed by atoms with Crippen LogP contribution in [0.3, 0.4) is 0 Å². The predicted molar refractivity (Wildman–Crippen MR) is 64.7 cm³/mol. The molecule has 0 radical (unpaired) electrons. The Labute approximate surface area is 102 Å². The molecule has 5 heteroatoms. The fraction of sp³-hybridized carbons (Fsp3) is 0.500. The van der Waals surface area contributed by atoms with Crippen LogP contribution in [0.15, 0.2) is 15.9 Å². The van der Waals surface area contributed by atoms with Gasteiger partial charge in [-0.15, -0.1) is 11.3 Å². The van der Waals surface area contributed by atoms with E-state index in [1.54, 1.807) is 13.8 Å². The molecule has 0 aliphatic rings. The minimum Gasteiger partial charge on any atom is -0.469 e. The molecule has 0 spiro atoms. The second kappa shape index (κ2) is 4.63. The molecule has 2 N–H and O–H groups in total. The molecule has 0 saturated heterocycles. The maximum absolute atomic E-state index is 11.5. The van der Waals surface area contributed by atoms with Gasteiger partial charge < -0.3 is 10.5 Å². The van der Waals surface area contributed by atoms with Crippen molar-refractivity contribution >= 4 is 33.2 Å². The van der Waals surface area contributed by atoms with Crippen molar-refractivity contribution in [3.63, 3.8) is 0 Å². The van der Waals surface area contributed by atoms with Gasteiger partial charge in [0.25, 0.3) is 0 Å². The quantitative estimate of drug-likeness (QED) is 0.871. The van der Waals surface area contributed by atoms with Gasteiger partial charge in [-0.3, -0.25) is 4.79 Å². The Morgan fingerprint density at radius 2 is 2.27 bits per heavy atom. The fourth-order valence-corrected chi connectivity index (χ4v) is 2.87. The number of hydrogen-bond acceptors (Lipinski definition) is 4. The molecule has 84 valence electrons. The minimum atomic E-state index is -0.709. The van der Waals surface area contributed by atoms with Crippen LogP contribution in [0.2, 0.25) is 0 Å². The van der Waals surface area contributed by atoms with E-state index in [2.05, 4.69) is 15.9 Å². The zero-order chi connectivity index (χ0) is 11.6. The van der Waals surface area contributed by atoms with Gasteiger partial charge in [0.1, 0.15) is 0 Å². The Bertz CT molecular complexity index is 362. The Morgan fingerprint density at radius 3 is 2.67 bits per heavy atom. The lowest BCUT2D eigenvalue weighted by Crippen LogP contribution is -2.36. The molecule has 0 aliphatic heterocycles. The minimum absolute atomic E-state index is 0.292. The third-order valence-electron chi connectivity index (χ3n) is 2.38. The van der Waals surface area contributed by atoms with E-state index in [0.29, 0.717) is 0 Å². The van der Waals surface area contributed by atoms with E-state index in [9.17, 15) is 4.79 Å². The molecular formula is C10H14BrNO2S. The van der Waals surface area contributed by atoms with Crippen LogP contribution in [0.1, 0.15) is 24.8 Å². The first-order valence-corrected chi connectivity index (χ1v) is 6.14. The van der Waals surface area contributed by atoms with Gasteiger partial charge in [-0.1, -0.05) is 0 Å². The van der Waals surface area contributed by atoms with Crippen molar-refractivity contribution in [2.24, 2.45) is 11.1 Å². The second-order valence-electron chi connectivity index (χ2n) is 3.86. The largest absolute Gasteiger partial charge is 0.469 e. The zero-order valence-corrected chi connectivity index (χ0v) is 11.3. The van der Waals surface area contributed by atoms with E-state index in [0.717, 1.165) is 9.35 Å². The smallest absolute Gasteiger partial charge is 0.313 e. The molecule has 0 amide bonds. The highest BCUT2D eigenvalue weighted by Gasteiger charge is 2.37. The van der Waals surface area contributed by atoms with Gasteiger partial charge in [0.2, 0.25) is 0 Å². The molecule has 15 heavy (non-hydrogen) atoms. The van der Waals surface area contributed by atoms with Crippen molar-refractivity contribution in [3.05, 3.63) is 20.8 Å². The molecule has 0 aliphatic carbocycles. The molecule has 0 saturated carbocycles. The molecule has 1 aromatic rings. The lowest BCUT2D eigenvalue weighted by Gasteiger charge is -2.27. The highest BCUT2D eigenvalue weighted by molar-refractivity contribution is 9.10. The first-order chi connectivity index (χ1) is 6.89. The number of carbonyl (C=O) groups is 1. The third-order valence-corrected chi connectivity index (χ3v) is 4.16. The number of esters is 1. The van der Waals surface area contributed by atoms with Crippen LogP contribution in [0.25, 0.3) is 0 Å². The highest BCUT2D eigenvalue weighted by atomic mass is 79.9. The van der Waals surface area contributed by atoms with Gasteiger partial charge in [0.05, 0.1) is 18.6 Å². The van der Waals surface area contributed by atoms with Crippen molar-refractivity contribution in [1.29, 1.82) is 0 Å². The Kier molecular flexibility index (Phi) is 3.92. The van der Waals surface area contributed by atoms with Crippen LogP contribution in [0, 0.1) is 5.41 Å². The van der Waals surface area contributed by atoms with Crippen molar-refractivity contribution in [2.45, 2.75) is 19.9 Å². The molecule has 0 bridgehead atoms. The van der Waals surface area contributed by atoms with Crippen LogP contribution in [0.4, 0.5) is 0 Å². The van der Waals surface area contributed by atoms with Crippen LogP contribution in [-0.4, -0.2) is 13.1 Å². The Hall–Kier alpha value is -0.390. The van der Waals surface area contributed by atoms with Crippen LogP contribution in [0.5, 0.6) is 0 Å². The fourth-order valence-electron chi connectivity index (χ4n) is 1.24. The first kappa shape index (κ1) is 12.7. The normalized spacial score (nSPS) is 13.7. The van der Waals surface area contributed by atoms with E-state index in [4.69, 9.17) is 10.5 Å². The van der Waals surface area contributed by atoms with Gasteiger partial charge in [-0.05, 0) is 35.8 Å². The van der Waals surface area contributed by atoms with Crippen LogP contribution >= 0.6 is 27.3 Å². The summed E-state index contributed by atoms with van der Waals surface area (Å²) in [7, 11) is 1.38. The van der Waals surface area contributed by atoms with Crippen molar-refractivity contribution in [1.82, 2.24) is 0 Å². The Balaban J connectivity index is 2.93. The monoisotopic (exact) mass is 291 g/mol. The topological polar surface area (TPSA) is 52.3 Å². The van der Waals surface area contributed by atoms with Crippen molar-refractivity contribution in [3.8, 4) is 0 Å². The molecule has 0 fully saturated rings. The van der Waals surface area contributed by atoms with Crippen LogP contribution in [-0.2, 0) is 9.53 Å². The summed E-state index contributed by atoms with van der Waals surface area (Å²) in [5.74, 6) is -0.292. The van der Waals surface area contributed by atoms with E-state index < -0.39 is 5.41 Å². The molecule has 1 heterocycles. The summed E-state index contributed by atoms with van der Waals surface area (Å²) in [5.41, 5.74) is 5.34. The maximum atomic E-state index is 11.5. The molecule has 3 nitrogen and oxygen atoms in total. The number of thiophene rings is 1. The molecule has 1 rings (SSSR count).